The zero-order valence-electron chi connectivity index (χ0n) is 15.8. The van der Waals surface area contributed by atoms with Gasteiger partial charge in [-0.2, -0.15) is 0 Å². The molecule has 0 spiro atoms. The molecule has 0 aromatic carbocycles. The number of esters is 2. The molecule has 25 heavy (non-hydrogen) atoms. The summed E-state index contributed by atoms with van der Waals surface area (Å²) in [5.41, 5.74) is -1.50. The summed E-state index contributed by atoms with van der Waals surface area (Å²) in [7, 11) is 1.34. The second-order valence-electron chi connectivity index (χ2n) is 7.09. The highest BCUT2D eigenvalue weighted by Crippen LogP contribution is 2.27. The number of ether oxygens (including phenoxy) is 3. The molecule has 0 aromatic rings. The van der Waals surface area contributed by atoms with Gasteiger partial charge in [0.1, 0.15) is 17.2 Å². The van der Waals surface area contributed by atoms with E-state index in [1.54, 1.807) is 27.7 Å². The Bertz CT molecular complexity index is 480. The monoisotopic (exact) mass is 358 g/mol. The standard InChI is InChI=1S/C17H30N2O6/c1-6-24-13(20)12(19-15(22)25-16(2,3)4)8-10-17(14(21)23-5)9-7-11-18-17/h12,18H,6-11H2,1-5H3,(H,19,22). The number of hydrogen-bond donors (Lipinski definition) is 2. The third kappa shape index (κ3) is 6.53. The molecule has 2 N–H and O–H groups in total. The Kier molecular flexibility index (Phi) is 7.66. The van der Waals surface area contributed by atoms with E-state index in [1.807, 2.05) is 0 Å². The van der Waals surface area contributed by atoms with Gasteiger partial charge in [-0.15, -0.1) is 0 Å². The molecule has 0 radical (unpaired) electrons. The van der Waals surface area contributed by atoms with Crippen LogP contribution in [0.5, 0.6) is 0 Å². The normalized spacial score (nSPS) is 21.3. The maximum absolute atomic E-state index is 12.2. The number of hydrogen-bond acceptors (Lipinski definition) is 7. The lowest BCUT2D eigenvalue weighted by atomic mass is 9.89. The van der Waals surface area contributed by atoms with Crippen LogP contribution < -0.4 is 10.6 Å². The van der Waals surface area contributed by atoms with Crippen LogP contribution in [0.25, 0.3) is 0 Å². The topological polar surface area (TPSA) is 103 Å². The van der Waals surface area contributed by atoms with Crippen molar-refractivity contribution in [2.45, 2.75) is 70.6 Å². The van der Waals surface area contributed by atoms with Gasteiger partial charge in [-0.05, 0) is 59.9 Å². The van der Waals surface area contributed by atoms with Crippen molar-refractivity contribution in [1.29, 1.82) is 0 Å². The molecule has 0 bridgehead atoms. The van der Waals surface area contributed by atoms with Crippen molar-refractivity contribution in [2.24, 2.45) is 0 Å². The van der Waals surface area contributed by atoms with E-state index < -0.39 is 29.2 Å². The number of methoxy groups -OCH3 is 1. The average molecular weight is 358 g/mol. The van der Waals surface area contributed by atoms with Crippen LogP contribution in [-0.4, -0.2) is 55.5 Å². The third-order valence-corrected chi connectivity index (χ3v) is 3.94. The molecule has 1 heterocycles. The van der Waals surface area contributed by atoms with Crippen molar-refractivity contribution in [1.82, 2.24) is 10.6 Å². The van der Waals surface area contributed by atoms with Crippen molar-refractivity contribution in [3.63, 3.8) is 0 Å². The van der Waals surface area contributed by atoms with Crippen LogP contribution in [0.4, 0.5) is 4.79 Å². The zero-order chi connectivity index (χ0) is 19.1. The number of alkyl carbamates (subject to hydrolysis) is 1. The van der Waals surface area contributed by atoms with Crippen molar-refractivity contribution >= 4 is 18.0 Å². The Morgan fingerprint density at radius 3 is 2.44 bits per heavy atom. The highest BCUT2D eigenvalue weighted by Gasteiger charge is 2.43. The van der Waals surface area contributed by atoms with Crippen molar-refractivity contribution in [3.05, 3.63) is 0 Å². The molecular formula is C17H30N2O6. The van der Waals surface area contributed by atoms with Gasteiger partial charge in [-0.1, -0.05) is 0 Å². The van der Waals surface area contributed by atoms with Gasteiger partial charge in [0.25, 0.3) is 0 Å². The van der Waals surface area contributed by atoms with Crippen molar-refractivity contribution < 1.29 is 28.6 Å². The quantitative estimate of drug-likeness (QED) is 0.525. The smallest absolute Gasteiger partial charge is 0.408 e. The fourth-order valence-electron chi connectivity index (χ4n) is 2.82. The lowest BCUT2D eigenvalue weighted by molar-refractivity contribution is -0.150. The van der Waals surface area contributed by atoms with E-state index in [-0.39, 0.29) is 19.0 Å². The highest BCUT2D eigenvalue weighted by molar-refractivity contribution is 5.83. The van der Waals surface area contributed by atoms with E-state index in [2.05, 4.69) is 10.6 Å². The van der Waals surface area contributed by atoms with E-state index in [1.165, 1.54) is 7.11 Å². The molecule has 1 fully saturated rings. The molecular weight excluding hydrogens is 328 g/mol. The number of carbonyl (C=O) groups excluding carboxylic acids is 3. The molecule has 1 rings (SSSR count). The fraction of sp³-hybridized carbons (Fsp3) is 0.824. The Hall–Kier alpha value is -1.83. The van der Waals surface area contributed by atoms with Gasteiger partial charge in [-0.25, -0.2) is 9.59 Å². The minimum absolute atomic E-state index is 0.200. The second kappa shape index (κ2) is 9.03. The van der Waals surface area contributed by atoms with Gasteiger partial charge in [-0.3, -0.25) is 4.79 Å². The molecule has 2 unspecified atom stereocenters. The molecule has 1 aliphatic heterocycles. The summed E-state index contributed by atoms with van der Waals surface area (Å²) in [5.74, 6) is -0.906. The average Bonchev–Trinajstić information content (AvgIpc) is 2.99. The Morgan fingerprint density at radius 1 is 1.28 bits per heavy atom. The van der Waals surface area contributed by atoms with Crippen LogP contribution in [-0.2, 0) is 23.8 Å². The van der Waals surface area contributed by atoms with Crippen LogP contribution in [0.2, 0.25) is 0 Å². The van der Waals surface area contributed by atoms with Crippen LogP contribution in [0.1, 0.15) is 53.4 Å². The van der Waals surface area contributed by atoms with Gasteiger partial charge in [0.2, 0.25) is 0 Å². The summed E-state index contributed by atoms with van der Waals surface area (Å²) in [6.07, 6.45) is 1.36. The van der Waals surface area contributed by atoms with Gasteiger partial charge in [0.15, 0.2) is 0 Å². The largest absolute Gasteiger partial charge is 0.468 e. The van der Waals surface area contributed by atoms with E-state index in [0.717, 1.165) is 6.42 Å². The summed E-state index contributed by atoms with van der Waals surface area (Å²) in [6.45, 7) is 7.81. The first kappa shape index (κ1) is 21.2. The fourth-order valence-corrected chi connectivity index (χ4v) is 2.82. The summed E-state index contributed by atoms with van der Waals surface area (Å²) in [4.78, 5) is 36.3. The number of nitrogens with one attached hydrogen (secondary N) is 2. The van der Waals surface area contributed by atoms with E-state index in [0.29, 0.717) is 19.4 Å². The number of rotatable bonds is 7. The van der Waals surface area contributed by atoms with Gasteiger partial charge in [0, 0.05) is 0 Å². The zero-order valence-corrected chi connectivity index (χ0v) is 15.8. The van der Waals surface area contributed by atoms with E-state index in [9.17, 15) is 14.4 Å². The van der Waals surface area contributed by atoms with Crippen LogP contribution >= 0.6 is 0 Å². The number of amides is 1. The highest BCUT2D eigenvalue weighted by atomic mass is 16.6. The van der Waals surface area contributed by atoms with Gasteiger partial charge in [0.05, 0.1) is 13.7 Å². The Balaban J connectivity index is 2.77. The molecule has 1 amide bonds. The molecule has 0 saturated carbocycles. The SMILES string of the molecule is CCOC(=O)C(CCC1(C(=O)OC)CCCN1)NC(=O)OC(C)(C)C. The van der Waals surface area contributed by atoms with Crippen LogP contribution in [0, 0.1) is 0 Å². The third-order valence-electron chi connectivity index (χ3n) is 3.94. The van der Waals surface area contributed by atoms with E-state index in [4.69, 9.17) is 14.2 Å². The molecule has 2 atom stereocenters. The van der Waals surface area contributed by atoms with Crippen LogP contribution in [0.3, 0.4) is 0 Å². The first-order valence-electron chi connectivity index (χ1n) is 8.63. The first-order chi connectivity index (χ1) is 11.6. The maximum atomic E-state index is 12.2. The molecule has 8 nitrogen and oxygen atoms in total. The van der Waals surface area contributed by atoms with E-state index >= 15 is 0 Å². The van der Waals surface area contributed by atoms with Gasteiger partial charge < -0.3 is 24.8 Å². The summed E-state index contributed by atoms with van der Waals surface area (Å²) in [5, 5.41) is 5.71. The number of carbonyl (C=O) groups is 3. The second-order valence-corrected chi connectivity index (χ2v) is 7.09. The molecule has 144 valence electrons. The van der Waals surface area contributed by atoms with Crippen molar-refractivity contribution in [3.8, 4) is 0 Å². The Labute approximate surface area is 148 Å². The minimum Gasteiger partial charge on any atom is -0.468 e. The lowest BCUT2D eigenvalue weighted by Gasteiger charge is -2.28. The predicted octanol–water partition coefficient (Wildman–Crippen LogP) is 1.52. The molecule has 8 heteroatoms. The molecule has 0 aromatic heterocycles. The summed E-state index contributed by atoms with van der Waals surface area (Å²) >= 11 is 0. The maximum Gasteiger partial charge on any atom is 0.408 e. The predicted molar refractivity (Wildman–Crippen MR) is 91.0 cm³/mol. The summed E-state index contributed by atoms with van der Waals surface area (Å²) in [6, 6.07) is -0.890. The van der Waals surface area contributed by atoms with Crippen molar-refractivity contribution in [2.75, 3.05) is 20.3 Å². The molecule has 1 aliphatic rings. The first-order valence-corrected chi connectivity index (χ1v) is 8.63. The molecule has 1 saturated heterocycles. The summed E-state index contributed by atoms with van der Waals surface area (Å²) < 4.78 is 15.1. The Morgan fingerprint density at radius 2 is 1.96 bits per heavy atom. The molecule has 0 aliphatic carbocycles. The lowest BCUT2D eigenvalue weighted by Crippen LogP contribution is -2.51. The van der Waals surface area contributed by atoms with Crippen LogP contribution in [0.15, 0.2) is 0 Å². The van der Waals surface area contributed by atoms with Gasteiger partial charge >= 0.3 is 18.0 Å². The minimum atomic E-state index is -0.890.